The number of aryl methyl sites for hydroxylation is 1. The van der Waals surface area contributed by atoms with Gasteiger partial charge < -0.3 is 11.1 Å². The van der Waals surface area contributed by atoms with E-state index < -0.39 is 0 Å². The second-order valence-electron chi connectivity index (χ2n) is 5.30. The van der Waals surface area contributed by atoms with Crippen molar-refractivity contribution in [2.75, 3.05) is 11.1 Å². The third kappa shape index (κ3) is 2.43. The molecule has 0 atom stereocenters. The molecule has 1 aromatic carbocycles. The van der Waals surface area contributed by atoms with E-state index in [-0.39, 0.29) is 11.3 Å². The van der Waals surface area contributed by atoms with Crippen molar-refractivity contribution >= 4 is 17.3 Å². The molecule has 1 saturated carbocycles. The van der Waals surface area contributed by atoms with E-state index in [1.165, 1.54) is 0 Å². The Balaban J connectivity index is 2.13. The van der Waals surface area contributed by atoms with Crippen LogP contribution in [0.15, 0.2) is 18.2 Å². The summed E-state index contributed by atoms with van der Waals surface area (Å²) in [5, 5.41) is 3.03. The van der Waals surface area contributed by atoms with E-state index in [1.54, 1.807) is 0 Å². The molecule has 1 amide bonds. The number of rotatable bonds is 2. The van der Waals surface area contributed by atoms with Crippen LogP contribution in [0.1, 0.15) is 38.2 Å². The van der Waals surface area contributed by atoms with Crippen LogP contribution in [0.4, 0.5) is 11.4 Å². The number of nitrogen functional groups attached to an aromatic ring is 1. The van der Waals surface area contributed by atoms with Crippen LogP contribution in [0.25, 0.3) is 0 Å². The van der Waals surface area contributed by atoms with Crippen LogP contribution < -0.4 is 11.1 Å². The first-order valence-corrected chi connectivity index (χ1v) is 6.19. The number of anilines is 2. The van der Waals surface area contributed by atoms with E-state index in [9.17, 15) is 4.79 Å². The van der Waals surface area contributed by atoms with Crippen LogP contribution in [-0.4, -0.2) is 5.91 Å². The summed E-state index contributed by atoms with van der Waals surface area (Å²) >= 11 is 0. The van der Waals surface area contributed by atoms with Gasteiger partial charge in [0.25, 0.3) is 0 Å². The van der Waals surface area contributed by atoms with Crippen LogP contribution in [0.5, 0.6) is 0 Å². The molecule has 0 heterocycles. The van der Waals surface area contributed by atoms with Gasteiger partial charge in [-0.15, -0.1) is 0 Å². The monoisotopic (exact) mass is 232 g/mol. The normalized spacial score (nSPS) is 18.0. The Morgan fingerprint density at radius 3 is 2.59 bits per heavy atom. The molecule has 17 heavy (non-hydrogen) atoms. The van der Waals surface area contributed by atoms with Gasteiger partial charge in [-0.2, -0.15) is 0 Å². The van der Waals surface area contributed by atoms with Crippen LogP contribution >= 0.6 is 0 Å². The predicted molar refractivity (Wildman–Crippen MR) is 70.8 cm³/mol. The summed E-state index contributed by atoms with van der Waals surface area (Å²) < 4.78 is 0. The van der Waals surface area contributed by atoms with Crippen LogP contribution in [-0.2, 0) is 4.79 Å². The van der Waals surface area contributed by atoms with Gasteiger partial charge in [0, 0.05) is 16.8 Å². The third-order valence-electron chi connectivity index (χ3n) is 3.75. The summed E-state index contributed by atoms with van der Waals surface area (Å²) in [5.74, 6) is 0.142. The molecule has 92 valence electrons. The summed E-state index contributed by atoms with van der Waals surface area (Å²) in [6.45, 7) is 4.02. The lowest BCUT2D eigenvalue weighted by atomic mass is 9.87. The van der Waals surface area contributed by atoms with Crippen LogP contribution in [0.3, 0.4) is 0 Å². The average Bonchev–Trinajstić information content (AvgIpc) is 2.71. The Morgan fingerprint density at radius 2 is 2.00 bits per heavy atom. The highest BCUT2D eigenvalue weighted by atomic mass is 16.2. The molecule has 1 aliphatic rings. The third-order valence-corrected chi connectivity index (χ3v) is 3.75. The topological polar surface area (TPSA) is 55.1 Å². The molecule has 0 aromatic heterocycles. The maximum atomic E-state index is 12.2. The number of amides is 1. The number of nitrogens with one attached hydrogen (secondary N) is 1. The van der Waals surface area contributed by atoms with E-state index in [2.05, 4.69) is 12.2 Å². The minimum absolute atomic E-state index is 0.142. The molecular formula is C14H20N2O. The highest BCUT2D eigenvalue weighted by Crippen LogP contribution is 2.38. The molecule has 0 unspecified atom stereocenters. The standard InChI is InChI=1S/C14H20N2O/c1-10-9-11(15)5-6-12(10)16-13(17)14(2)7-3-4-8-14/h5-6,9H,3-4,7-8,15H2,1-2H3,(H,16,17). The molecule has 3 heteroatoms. The van der Waals surface area contributed by atoms with Crippen molar-refractivity contribution < 1.29 is 4.79 Å². The van der Waals surface area contributed by atoms with Gasteiger partial charge >= 0.3 is 0 Å². The number of nitrogens with two attached hydrogens (primary N) is 1. The van der Waals surface area contributed by atoms with Crippen molar-refractivity contribution in [2.45, 2.75) is 39.5 Å². The molecule has 0 radical (unpaired) electrons. The molecule has 2 rings (SSSR count). The smallest absolute Gasteiger partial charge is 0.230 e. The molecule has 0 aliphatic heterocycles. The summed E-state index contributed by atoms with van der Waals surface area (Å²) in [6.07, 6.45) is 4.30. The maximum absolute atomic E-state index is 12.2. The molecule has 0 saturated heterocycles. The van der Waals surface area contributed by atoms with E-state index in [4.69, 9.17) is 5.73 Å². The fourth-order valence-electron chi connectivity index (χ4n) is 2.48. The number of hydrogen-bond acceptors (Lipinski definition) is 2. The van der Waals surface area contributed by atoms with Crippen molar-refractivity contribution in [2.24, 2.45) is 5.41 Å². The number of carbonyl (C=O) groups is 1. The molecule has 0 bridgehead atoms. The first kappa shape index (κ1) is 12.0. The molecule has 3 nitrogen and oxygen atoms in total. The molecule has 1 aliphatic carbocycles. The second-order valence-corrected chi connectivity index (χ2v) is 5.30. The predicted octanol–water partition coefficient (Wildman–Crippen LogP) is 3.10. The second kappa shape index (κ2) is 4.40. The number of carbonyl (C=O) groups excluding carboxylic acids is 1. The molecule has 0 spiro atoms. The highest BCUT2D eigenvalue weighted by Gasteiger charge is 2.36. The van der Waals surface area contributed by atoms with Gasteiger partial charge in [-0.3, -0.25) is 4.79 Å². The fraction of sp³-hybridized carbons (Fsp3) is 0.500. The Labute approximate surface area is 102 Å². The summed E-state index contributed by atoms with van der Waals surface area (Å²) in [4.78, 5) is 12.2. The van der Waals surface area contributed by atoms with Crippen molar-refractivity contribution in [3.8, 4) is 0 Å². The van der Waals surface area contributed by atoms with Gasteiger partial charge in [0.1, 0.15) is 0 Å². The van der Waals surface area contributed by atoms with Crippen molar-refractivity contribution in [3.05, 3.63) is 23.8 Å². The SMILES string of the molecule is Cc1cc(N)ccc1NC(=O)C1(C)CCCC1. The summed E-state index contributed by atoms with van der Waals surface area (Å²) in [5.41, 5.74) is 8.12. The zero-order chi connectivity index (χ0) is 12.5. The summed E-state index contributed by atoms with van der Waals surface area (Å²) in [7, 11) is 0. The van der Waals surface area contributed by atoms with Crippen LogP contribution in [0, 0.1) is 12.3 Å². The minimum atomic E-state index is -0.187. The van der Waals surface area contributed by atoms with Crippen LogP contribution in [0.2, 0.25) is 0 Å². The zero-order valence-electron chi connectivity index (χ0n) is 10.5. The van der Waals surface area contributed by atoms with Gasteiger partial charge in [-0.05, 0) is 43.5 Å². The minimum Gasteiger partial charge on any atom is -0.399 e. The van der Waals surface area contributed by atoms with Gasteiger partial charge in [0.15, 0.2) is 0 Å². The van der Waals surface area contributed by atoms with Crippen molar-refractivity contribution in [1.29, 1.82) is 0 Å². The van der Waals surface area contributed by atoms with Gasteiger partial charge in [0.05, 0.1) is 0 Å². The highest BCUT2D eigenvalue weighted by molar-refractivity contribution is 5.96. The Morgan fingerprint density at radius 1 is 1.35 bits per heavy atom. The van der Waals surface area contributed by atoms with Gasteiger partial charge in [0.2, 0.25) is 5.91 Å². The van der Waals surface area contributed by atoms with E-state index >= 15 is 0 Å². The van der Waals surface area contributed by atoms with Gasteiger partial charge in [-0.25, -0.2) is 0 Å². The molecular weight excluding hydrogens is 212 g/mol. The largest absolute Gasteiger partial charge is 0.399 e. The van der Waals surface area contributed by atoms with E-state index in [0.717, 1.165) is 42.6 Å². The first-order valence-electron chi connectivity index (χ1n) is 6.19. The molecule has 1 fully saturated rings. The Kier molecular flexibility index (Phi) is 3.09. The zero-order valence-corrected chi connectivity index (χ0v) is 10.5. The fourth-order valence-corrected chi connectivity index (χ4v) is 2.48. The molecule has 3 N–H and O–H groups in total. The number of benzene rings is 1. The Hall–Kier alpha value is -1.51. The van der Waals surface area contributed by atoms with E-state index in [1.807, 2.05) is 25.1 Å². The quantitative estimate of drug-likeness (QED) is 0.770. The summed E-state index contributed by atoms with van der Waals surface area (Å²) in [6, 6.07) is 5.58. The maximum Gasteiger partial charge on any atom is 0.230 e. The molecule has 1 aromatic rings. The Bertz CT molecular complexity index is 434. The lowest BCUT2D eigenvalue weighted by Crippen LogP contribution is -2.31. The number of hydrogen-bond donors (Lipinski definition) is 2. The van der Waals surface area contributed by atoms with Crippen molar-refractivity contribution in [1.82, 2.24) is 0 Å². The lowest BCUT2D eigenvalue weighted by molar-refractivity contribution is -0.124. The van der Waals surface area contributed by atoms with E-state index in [0.29, 0.717) is 0 Å². The lowest BCUT2D eigenvalue weighted by Gasteiger charge is -2.22. The van der Waals surface area contributed by atoms with Crippen molar-refractivity contribution in [3.63, 3.8) is 0 Å². The van der Waals surface area contributed by atoms with Gasteiger partial charge in [-0.1, -0.05) is 19.8 Å². The average molecular weight is 232 g/mol. The first-order chi connectivity index (χ1) is 8.01.